The molecule has 2 heteroatoms. The van der Waals surface area contributed by atoms with Gasteiger partial charge in [0.15, 0.2) is 0 Å². The highest BCUT2D eigenvalue weighted by Crippen LogP contribution is 2.38. The van der Waals surface area contributed by atoms with Crippen molar-refractivity contribution in [2.24, 2.45) is 11.7 Å². The molecule has 0 saturated carbocycles. The number of nitrogens with zero attached hydrogens (tertiary/aromatic N) is 1. The molecule has 0 aromatic heterocycles. The molecule has 2 nitrogen and oxygen atoms in total. The van der Waals surface area contributed by atoms with Crippen LogP contribution in [-0.4, -0.2) is 18.6 Å². The molecule has 1 aliphatic rings. The third-order valence-corrected chi connectivity index (χ3v) is 4.95. The maximum absolute atomic E-state index is 5.79. The number of anilines is 1. The van der Waals surface area contributed by atoms with Crippen LogP contribution in [0.5, 0.6) is 0 Å². The highest BCUT2D eigenvalue weighted by molar-refractivity contribution is 5.53. The molecule has 1 saturated heterocycles. The number of piperidine rings is 1. The molecule has 1 aromatic carbocycles. The Bertz CT molecular complexity index is 435. The average Bonchev–Trinajstić information content (AvgIpc) is 2.35. The van der Waals surface area contributed by atoms with Crippen molar-refractivity contribution >= 4 is 5.69 Å². The fourth-order valence-electron chi connectivity index (χ4n) is 3.41. The van der Waals surface area contributed by atoms with E-state index in [9.17, 15) is 0 Å². The van der Waals surface area contributed by atoms with Gasteiger partial charge in [0.05, 0.1) is 0 Å². The van der Waals surface area contributed by atoms with Crippen LogP contribution in [0.3, 0.4) is 0 Å². The molecular formula is C17H28N2. The van der Waals surface area contributed by atoms with E-state index in [0.29, 0.717) is 5.92 Å². The summed E-state index contributed by atoms with van der Waals surface area (Å²) in [5.74, 6) is 0.702. The molecule has 1 heterocycles. The lowest BCUT2D eigenvalue weighted by Crippen LogP contribution is -2.54. The Morgan fingerprint density at radius 2 is 2.00 bits per heavy atom. The minimum absolute atomic E-state index is 0.208. The molecule has 1 aromatic rings. The third-order valence-electron chi connectivity index (χ3n) is 4.95. The van der Waals surface area contributed by atoms with Crippen molar-refractivity contribution in [1.29, 1.82) is 0 Å². The van der Waals surface area contributed by atoms with E-state index in [1.54, 1.807) is 0 Å². The second kappa shape index (κ2) is 5.54. The van der Waals surface area contributed by atoms with Crippen molar-refractivity contribution in [3.8, 4) is 0 Å². The normalized spacial score (nSPS) is 22.6. The Kier molecular flexibility index (Phi) is 4.19. The molecule has 0 bridgehead atoms. The lowest BCUT2D eigenvalue weighted by Gasteiger charge is -2.50. The predicted molar refractivity (Wildman–Crippen MR) is 83.7 cm³/mol. The molecule has 1 unspecified atom stereocenters. The second-order valence-electron chi connectivity index (χ2n) is 6.49. The second-order valence-corrected chi connectivity index (χ2v) is 6.49. The van der Waals surface area contributed by atoms with Crippen molar-refractivity contribution in [3.05, 3.63) is 29.3 Å². The van der Waals surface area contributed by atoms with Gasteiger partial charge in [-0.2, -0.15) is 0 Å². The van der Waals surface area contributed by atoms with Crippen molar-refractivity contribution in [2.75, 3.05) is 18.0 Å². The van der Waals surface area contributed by atoms with Gasteiger partial charge in [-0.05, 0) is 82.7 Å². The third kappa shape index (κ3) is 2.79. The smallest absolute Gasteiger partial charge is 0.0374 e. The SMILES string of the molecule is Cc1ccc(N2CCCC(CCN)C2(C)C)cc1C. The average molecular weight is 260 g/mol. The lowest BCUT2D eigenvalue weighted by molar-refractivity contribution is 0.227. The Morgan fingerprint density at radius 3 is 2.63 bits per heavy atom. The zero-order chi connectivity index (χ0) is 14.0. The number of hydrogen-bond donors (Lipinski definition) is 1. The summed E-state index contributed by atoms with van der Waals surface area (Å²) in [5, 5.41) is 0. The fourth-order valence-corrected chi connectivity index (χ4v) is 3.41. The number of aryl methyl sites for hydroxylation is 2. The van der Waals surface area contributed by atoms with E-state index in [1.807, 2.05) is 0 Å². The molecule has 1 atom stereocenters. The van der Waals surface area contributed by atoms with Gasteiger partial charge in [0.2, 0.25) is 0 Å². The predicted octanol–water partition coefficient (Wildman–Crippen LogP) is 3.65. The van der Waals surface area contributed by atoms with Crippen LogP contribution in [0.2, 0.25) is 0 Å². The molecule has 1 aliphatic heterocycles. The lowest BCUT2D eigenvalue weighted by atomic mass is 9.77. The monoisotopic (exact) mass is 260 g/mol. The molecule has 2 rings (SSSR count). The first-order chi connectivity index (χ1) is 8.96. The quantitative estimate of drug-likeness (QED) is 0.899. The van der Waals surface area contributed by atoms with Crippen LogP contribution in [0.15, 0.2) is 18.2 Å². The van der Waals surface area contributed by atoms with E-state index < -0.39 is 0 Å². The van der Waals surface area contributed by atoms with Crippen molar-refractivity contribution in [3.63, 3.8) is 0 Å². The first-order valence-corrected chi connectivity index (χ1v) is 7.51. The topological polar surface area (TPSA) is 29.3 Å². The molecule has 0 spiro atoms. The molecule has 1 fully saturated rings. The van der Waals surface area contributed by atoms with Crippen LogP contribution in [0, 0.1) is 19.8 Å². The van der Waals surface area contributed by atoms with E-state index in [-0.39, 0.29) is 5.54 Å². The van der Waals surface area contributed by atoms with Crippen molar-refractivity contribution < 1.29 is 0 Å². The van der Waals surface area contributed by atoms with Gasteiger partial charge in [0.1, 0.15) is 0 Å². The summed E-state index contributed by atoms with van der Waals surface area (Å²) in [5.41, 5.74) is 10.1. The zero-order valence-corrected chi connectivity index (χ0v) is 12.9. The van der Waals surface area contributed by atoms with E-state index in [4.69, 9.17) is 5.73 Å². The fraction of sp³-hybridized carbons (Fsp3) is 0.647. The van der Waals surface area contributed by atoms with Crippen molar-refractivity contribution in [1.82, 2.24) is 0 Å². The van der Waals surface area contributed by atoms with Gasteiger partial charge < -0.3 is 10.6 Å². The van der Waals surface area contributed by atoms with Gasteiger partial charge in [-0.25, -0.2) is 0 Å². The summed E-state index contributed by atoms with van der Waals surface area (Å²) >= 11 is 0. The van der Waals surface area contributed by atoms with Crippen molar-refractivity contribution in [2.45, 2.75) is 52.5 Å². The first kappa shape index (κ1) is 14.4. The molecule has 106 valence electrons. The first-order valence-electron chi connectivity index (χ1n) is 7.51. The van der Waals surface area contributed by atoms with E-state index >= 15 is 0 Å². The van der Waals surface area contributed by atoms with Gasteiger partial charge in [-0.15, -0.1) is 0 Å². The van der Waals surface area contributed by atoms with Crippen LogP contribution in [0.25, 0.3) is 0 Å². The van der Waals surface area contributed by atoms with Crippen LogP contribution >= 0.6 is 0 Å². The number of rotatable bonds is 3. The van der Waals surface area contributed by atoms with E-state index in [2.05, 4.69) is 50.8 Å². The summed E-state index contributed by atoms with van der Waals surface area (Å²) < 4.78 is 0. The Balaban J connectivity index is 2.29. The summed E-state index contributed by atoms with van der Waals surface area (Å²) in [6.45, 7) is 11.1. The van der Waals surface area contributed by atoms with E-state index in [0.717, 1.165) is 19.5 Å². The molecule has 0 amide bonds. The van der Waals surface area contributed by atoms with Gasteiger partial charge in [0.25, 0.3) is 0 Å². The maximum atomic E-state index is 5.79. The summed E-state index contributed by atoms with van der Waals surface area (Å²) in [6, 6.07) is 6.85. The van der Waals surface area contributed by atoms with Gasteiger partial charge >= 0.3 is 0 Å². The highest BCUT2D eigenvalue weighted by Gasteiger charge is 2.37. The Labute approximate surface area is 118 Å². The van der Waals surface area contributed by atoms with Crippen LogP contribution in [0.1, 0.15) is 44.2 Å². The molecule has 0 radical (unpaired) electrons. The largest absolute Gasteiger partial charge is 0.366 e. The van der Waals surface area contributed by atoms with Crippen LogP contribution < -0.4 is 10.6 Å². The van der Waals surface area contributed by atoms with Crippen LogP contribution in [-0.2, 0) is 0 Å². The molecule has 19 heavy (non-hydrogen) atoms. The molecule has 0 aliphatic carbocycles. The molecular weight excluding hydrogens is 232 g/mol. The number of nitrogens with two attached hydrogens (primary N) is 1. The highest BCUT2D eigenvalue weighted by atomic mass is 15.2. The Morgan fingerprint density at radius 1 is 1.26 bits per heavy atom. The zero-order valence-electron chi connectivity index (χ0n) is 12.9. The molecule has 2 N–H and O–H groups in total. The summed E-state index contributed by atoms with van der Waals surface area (Å²) in [7, 11) is 0. The number of hydrogen-bond acceptors (Lipinski definition) is 2. The Hall–Kier alpha value is -1.02. The summed E-state index contributed by atoms with van der Waals surface area (Å²) in [6.07, 6.45) is 3.72. The summed E-state index contributed by atoms with van der Waals surface area (Å²) in [4.78, 5) is 2.59. The van der Waals surface area contributed by atoms with Crippen LogP contribution in [0.4, 0.5) is 5.69 Å². The standard InChI is InChI=1S/C17H28N2/c1-13-7-8-16(12-14(13)2)19-11-5-6-15(9-10-18)17(19,3)4/h7-8,12,15H,5-6,9-11,18H2,1-4H3. The van der Waals surface area contributed by atoms with Gasteiger partial charge in [0, 0.05) is 17.8 Å². The number of benzene rings is 1. The van der Waals surface area contributed by atoms with E-state index in [1.165, 1.54) is 29.7 Å². The van der Waals surface area contributed by atoms with Gasteiger partial charge in [-0.1, -0.05) is 6.07 Å². The van der Waals surface area contributed by atoms with Gasteiger partial charge in [-0.3, -0.25) is 0 Å². The minimum Gasteiger partial charge on any atom is -0.366 e. The maximum Gasteiger partial charge on any atom is 0.0374 e. The minimum atomic E-state index is 0.208.